The molecular weight excluding hydrogens is 320 g/mol. The average molecular weight is 351 g/mol. The normalized spacial score (nSPS) is 29.0. The first-order chi connectivity index (χ1) is 11.5. The summed E-state index contributed by atoms with van der Waals surface area (Å²) in [6.45, 7) is 10.4. The zero-order chi connectivity index (χ0) is 19.0. The van der Waals surface area contributed by atoms with E-state index in [2.05, 4.69) is 34.6 Å². The van der Waals surface area contributed by atoms with Gasteiger partial charge in [0.25, 0.3) is 0 Å². The maximum Gasteiger partial charge on any atom is 0.158 e. The second-order valence-electron chi connectivity index (χ2n) is 8.80. The van der Waals surface area contributed by atoms with Gasteiger partial charge in [-0.15, -0.1) is 0 Å². The molecule has 4 N–H and O–H groups in total. The fraction of sp³-hybridized carbons (Fsp3) is 0.650. The van der Waals surface area contributed by atoms with E-state index in [0.717, 1.165) is 12.0 Å². The fourth-order valence-electron chi connectivity index (χ4n) is 3.94. The molecule has 5 heteroatoms. The predicted molar refractivity (Wildman–Crippen MR) is 95.9 cm³/mol. The largest absolute Gasteiger partial charge is 0.394 e. The van der Waals surface area contributed by atoms with Crippen molar-refractivity contribution in [1.82, 2.24) is 0 Å². The molecule has 2 rings (SSSR count). The van der Waals surface area contributed by atoms with Crippen LogP contribution in [0.15, 0.2) is 24.3 Å². The molecule has 0 unspecified atom stereocenters. The summed E-state index contributed by atoms with van der Waals surface area (Å²) >= 11 is 0. The Morgan fingerprint density at radius 3 is 2.12 bits per heavy atom. The SMILES string of the molecule is CC(C)(C)CC(C)(C)c1ccccc1[C]1O[C@H](CO)[C@@H](O)[C@H](O)[C@@H]1O. The number of hydrogen-bond acceptors (Lipinski definition) is 5. The van der Waals surface area contributed by atoms with Crippen LogP contribution in [0.2, 0.25) is 0 Å². The van der Waals surface area contributed by atoms with Crippen molar-refractivity contribution in [1.29, 1.82) is 0 Å². The van der Waals surface area contributed by atoms with Crippen molar-refractivity contribution in [2.45, 2.75) is 70.9 Å². The Hall–Kier alpha value is -0.980. The Balaban J connectivity index is 2.43. The highest BCUT2D eigenvalue weighted by Gasteiger charge is 2.46. The van der Waals surface area contributed by atoms with Gasteiger partial charge in [-0.3, -0.25) is 0 Å². The van der Waals surface area contributed by atoms with Gasteiger partial charge in [-0.05, 0) is 28.4 Å². The van der Waals surface area contributed by atoms with E-state index in [1.54, 1.807) is 0 Å². The topological polar surface area (TPSA) is 90.2 Å². The van der Waals surface area contributed by atoms with Gasteiger partial charge in [-0.1, -0.05) is 58.9 Å². The highest BCUT2D eigenvalue weighted by Crippen LogP contribution is 2.41. The number of hydrogen-bond donors (Lipinski definition) is 4. The molecule has 4 atom stereocenters. The van der Waals surface area contributed by atoms with Crippen molar-refractivity contribution in [3.8, 4) is 0 Å². The lowest BCUT2D eigenvalue weighted by Gasteiger charge is -2.42. The number of aliphatic hydroxyl groups excluding tert-OH is 4. The second-order valence-corrected chi connectivity index (χ2v) is 8.80. The maximum atomic E-state index is 10.4. The molecule has 1 fully saturated rings. The molecule has 1 aromatic carbocycles. The maximum absolute atomic E-state index is 10.4. The monoisotopic (exact) mass is 351 g/mol. The Kier molecular flexibility index (Phi) is 5.96. The van der Waals surface area contributed by atoms with Crippen molar-refractivity contribution in [2.24, 2.45) is 5.41 Å². The summed E-state index contributed by atoms with van der Waals surface area (Å²) in [5.74, 6) is 0. The van der Waals surface area contributed by atoms with Crippen LogP contribution in [0.1, 0.15) is 52.2 Å². The van der Waals surface area contributed by atoms with Gasteiger partial charge >= 0.3 is 0 Å². The van der Waals surface area contributed by atoms with Crippen LogP contribution in [0.5, 0.6) is 0 Å². The molecule has 0 saturated carbocycles. The number of benzene rings is 1. The third-order valence-electron chi connectivity index (χ3n) is 4.68. The van der Waals surface area contributed by atoms with Crippen molar-refractivity contribution >= 4 is 0 Å². The third-order valence-corrected chi connectivity index (χ3v) is 4.68. The predicted octanol–water partition coefficient (Wildman–Crippen LogP) is 1.75. The average Bonchev–Trinajstić information content (AvgIpc) is 2.51. The van der Waals surface area contributed by atoms with Crippen LogP contribution in [0.3, 0.4) is 0 Å². The first-order valence-corrected chi connectivity index (χ1v) is 8.76. The van der Waals surface area contributed by atoms with E-state index in [0.29, 0.717) is 5.56 Å². The highest BCUT2D eigenvalue weighted by atomic mass is 16.5. The molecule has 1 saturated heterocycles. The van der Waals surface area contributed by atoms with E-state index < -0.39 is 31.0 Å². The molecule has 1 heterocycles. The lowest BCUT2D eigenvalue weighted by molar-refractivity contribution is -0.184. The van der Waals surface area contributed by atoms with Gasteiger partial charge in [0.1, 0.15) is 24.4 Å². The van der Waals surface area contributed by atoms with Crippen LogP contribution >= 0.6 is 0 Å². The van der Waals surface area contributed by atoms with Crippen molar-refractivity contribution in [3.05, 3.63) is 41.5 Å². The molecule has 0 aliphatic carbocycles. The summed E-state index contributed by atoms with van der Waals surface area (Å²) in [6, 6.07) is 7.63. The van der Waals surface area contributed by atoms with Gasteiger partial charge < -0.3 is 25.2 Å². The van der Waals surface area contributed by atoms with Crippen LogP contribution in [-0.2, 0) is 10.2 Å². The smallest absolute Gasteiger partial charge is 0.158 e. The molecule has 141 valence electrons. The quantitative estimate of drug-likeness (QED) is 0.664. The summed E-state index contributed by atoms with van der Waals surface area (Å²) in [5.41, 5.74) is 1.62. The first-order valence-electron chi connectivity index (χ1n) is 8.76. The van der Waals surface area contributed by atoms with E-state index in [-0.39, 0.29) is 16.9 Å². The van der Waals surface area contributed by atoms with Crippen LogP contribution in [0.4, 0.5) is 0 Å². The third kappa shape index (κ3) is 4.41. The molecule has 1 aliphatic heterocycles. The molecule has 0 bridgehead atoms. The van der Waals surface area contributed by atoms with Gasteiger partial charge in [0.15, 0.2) is 6.10 Å². The number of aliphatic hydroxyl groups is 4. The first kappa shape index (κ1) is 20.3. The zero-order valence-electron chi connectivity index (χ0n) is 15.7. The van der Waals surface area contributed by atoms with Crippen LogP contribution in [0, 0.1) is 11.5 Å². The Bertz CT molecular complexity index is 576. The lowest BCUT2D eigenvalue weighted by atomic mass is 9.70. The van der Waals surface area contributed by atoms with Gasteiger partial charge in [0.05, 0.1) is 6.61 Å². The summed E-state index contributed by atoms with van der Waals surface area (Å²) in [7, 11) is 0. The summed E-state index contributed by atoms with van der Waals surface area (Å²) in [6.07, 6.45) is -3.93. The van der Waals surface area contributed by atoms with E-state index >= 15 is 0 Å². The molecule has 1 aromatic rings. The fourth-order valence-corrected chi connectivity index (χ4v) is 3.94. The van der Waals surface area contributed by atoms with Gasteiger partial charge in [-0.2, -0.15) is 0 Å². The Morgan fingerprint density at radius 2 is 1.56 bits per heavy atom. The number of rotatable bonds is 4. The van der Waals surface area contributed by atoms with Gasteiger partial charge in [0, 0.05) is 0 Å². The summed E-state index contributed by atoms with van der Waals surface area (Å²) in [4.78, 5) is 0. The lowest BCUT2D eigenvalue weighted by Crippen LogP contribution is -2.55. The minimum Gasteiger partial charge on any atom is -0.394 e. The van der Waals surface area contributed by atoms with Crippen molar-refractivity contribution in [2.75, 3.05) is 6.61 Å². The van der Waals surface area contributed by atoms with Gasteiger partial charge in [0.2, 0.25) is 0 Å². The van der Waals surface area contributed by atoms with Crippen molar-refractivity contribution < 1.29 is 25.2 Å². The summed E-state index contributed by atoms with van der Waals surface area (Å²) in [5, 5.41) is 40.0. The molecule has 0 aromatic heterocycles. The van der Waals surface area contributed by atoms with E-state index in [1.807, 2.05) is 24.3 Å². The van der Waals surface area contributed by atoms with Crippen LogP contribution in [0.25, 0.3) is 0 Å². The minimum atomic E-state index is -1.40. The molecule has 5 nitrogen and oxygen atoms in total. The Labute approximate surface area is 150 Å². The second kappa shape index (κ2) is 7.33. The standard InChI is InChI=1S/C20H31O5/c1-19(2,3)11-20(4,5)13-9-7-6-8-12(13)18-17(24)16(23)15(22)14(10-21)25-18/h6-9,14-17,21-24H,10-11H2,1-5H3/t14-,15-,16+,17+/m1/s1. The van der Waals surface area contributed by atoms with Crippen molar-refractivity contribution in [3.63, 3.8) is 0 Å². The Morgan fingerprint density at radius 1 is 0.960 bits per heavy atom. The minimum absolute atomic E-state index is 0.108. The molecule has 1 radical (unpaired) electrons. The molecule has 0 spiro atoms. The summed E-state index contributed by atoms with van der Waals surface area (Å²) < 4.78 is 5.69. The number of ether oxygens (including phenoxy) is 1. The van der Waals surface area contributed by atoms with Crippen LogP contribution in [-0.4, -0.2) is 51.4 Å². The molecular formula is C20H31O5. The van der Waals surface area contributed by atoms with E-state index in [9.17, 15) is 20.4 Å². The van der Waals surface area contributed by atoms with E-state index in [1.165, 1.54) is 0 Å². The highest BCUT2D eigenvalue weighted by molar-refractivity contribution is 5.43. The zero-order valence-corrected chi connectivity index (χ0v) is 15.7. The van der Waals surface area contributed by atoms with E-state index in [4.69, 9.17) is 4.74 Å². The molecule has 0 amide bonds. The van der Waals surface area contributed by atoms with Crippen LogP contribution < -0.4 is 0 Å². The van der Waals surface area contributed by atoms with Gasteiger partial charge in [-0.25, -0.2) is 0 Å². The molecule has 1 aliphatic rings. The molecule has 25 heavy (non-hydrogen) atoms.